The van der Waals surface area contributed by atoms with Crippen molar-refractivity contribution < 1.29 is 0 Å². The van der Waals surface area contributed by atoms with Gasteiger partial charge in [-0.25, -0.2) is 0 Å². The van der Waals surface area contributed by atoms with Crippen LogP contribution in [-0.2, 0) is 0 Å². The molecule has 3 nitrogen and oxygen atoms in total. The summed E-state index contributed by atoms with van der Waals surface area (Å²) in [7, 11) is 2.18. The van der Waals surface area contributed by atoms with Gasteiger partial charge in [-0.05, 0) is 44.0 Å². The number of nitrogens with two attached hydrogens (primary N) is 1. The van der Waals surface area contributed by atoms with Crippen LogP contribution in [0.2, 0.25) is 0 Å². The van der Waals surface area contributed by atoms with Crippen molar-refractivity contribution in [3.63, 3.8) is 0 Å². The lowest BCUT2D eigenvalue weighted by Gasteiger charge is -2.26. The van der Waals surface area contributed by atoms with Crippen molar-refractivity contribution in [1.82, 2.24) is 4.90 Å². The maximum Gasteiger partial charge on any atom is 0.0412 e. The highest BCUT2D eigenvalue weighted by Crippen LogP contribution is 2.25. The van der Waals surface area contributed by atoms with Gasteiger partial charge in [0.1, 0.15) is 0 Å². The zero-order chi connectivity index (χ0) is 13.7. The number of likely N-dealkylation sites (tertiary alicyclic amines) is 1. The molecule has 0 radical (unpaired) electrons. The summed E-state index contributed by atoms with van der Waals surface area (Å²) >= 11 is 0. The molecule has 0 aromatic heterocycles. The standard InChI is InChI=1S/C16H27N3/c1-3-15(17)14-8-4-5-9-16(14)18(2)12-13-19-10-6-7-11-19/h4-5,8-9,15H,3,6-7,10-13,17H2,1-2H3. The molecule has 1 aliphatic rings. The number of para-hydroxylation sites is 1. The number of benzene rings is 1. The predicted molar refractivity (Wildman–Crippen MR) is 82.6 cm³/mol. The molecule has 0 aliphatic carbocycles. The predicted octanol–water partition coefficient (Wildman–Crippen LogP) is 2.63. The van der Waals surface area contributed by atoms with E-state index < -0.39 is 0 Å². The highest BCUT2D eigenvalue weighted by atomic mass is 15.2. The van der Waals surface area contributed by atoms with Crippen LogP contribution in [-0.4, -0.2) is 38.1 Å². The molecule has 106 valence electrons. The fourth-order valence-corrected chi connectivity index (χ4v) is 2.79. The van der Waals surface area contributed by atoms with E-state index in [1.165, 1.54) is 37.2 Å². The molecule has 1 heterocycles. The van der Waals surface area contributed by atoms with E-state index >= 15 is 0 Å². The van der Waals surface area contributed by atoms with E-state index in [4.69, 9.17) is 5.73 Å². The molecular formula is C16H27N3. The van der Waals surface area contributed by atoms with E-state index in [1.54, 1.807) is 0 Å². The van der Waals surface area contributed by atoms with Crippen molar-refractivity contribution in [2.75, 3.05) is 38.1 Å². The molecule has 0 spiro atoms. The lowest BCUT2D eigenvalue weighted by molar-refractivity contribution is 0.346. The molecular weight excluding hydrogens is 234 g/mol. The van der Waals surface area contributed by atoms with Crippen LogP contribution >= 0.6 is 0 Å². The Kier molecular flexibility index (Phi) is 5.23. The quantitative estimate of drug-likeness (QED) is 0.854. The van der Waals surface area contributed by atoms with Crippen molar-refractivity contribution in [2.45, 2.75) is 32.2 Å². The normalized spacial score (nSPS) is 17.6. The number of likely N-dealkylation sites (N-methyl/N-ethyl adjacent to an activating group) is 1. The van der Waals surface area contributed by atoms with Crippen molar-refractivity contribution in [1.29, 1.82) is 0 Å². The van der Waals surface area contributed by atoms with Crippen molar-refractivity contribution >= 4 is 5.69 Å². The minimum Gasteiger partial charge on any atom is -0.373 e. The maximum atomic E-state index is 6.21. The van der Waals surface area contributed by atoms with E-state index in [0.29, 0.717) is 0 Å². The molecule has 19 heavy (non-hydrogen) atoms. The summed E-state index contributed by atoms with van der Waals surface area (Å²) < 4.78 is 0. The summed E-state index contributed by atoms with van der Waals surface area (Å²) in [5.74, 6) is 0. The second-order valence-corrected chi connectivity index (χ2v) is 5.54. The molecule has 2 N–H and O–H groups in total. The van der Waals surface area contributed by atoms with Crippen molar-refractivity contribution in [3.8, 4) is 0 Å². The number of anilines is 1. The molecule has 1 aromatic carbocycles. The zero-order valence-corrected chi connectivity index (χ0v) is 12.3. The van der Waals surface area contributed by atoms with Crippen LogP contribution in [0.3, 0.4) is 0 Å². The second kappa shape index (κ2) is 6.92. The highest BCUT2D eigenvalue weighted by Gasteiger charge is 2.15. The molecule has 1 atom stereocenters. The molecule has 1 fully saturated rings. The number of hydrogen-bond donors (Lipinski definition) is 1. The Labute approximate surface area is 117 Å². The third kappa shape index (κ3) is 3.71. The zero-order valence-electron chi connectivity index (χ0n) is 12.3. The first-order valence-electron chi connectivity index (χ1n) is 7.50. The lowest BCUT2D eigenvalue weighted by Crippen LogP contribution is -2.32. The van der Waals surface area contributed by atoms with Gasteiger partial charge in [0.15, 0.2) is 0 Å². The molecule has 2 rings (SSSR count). The molecule has 1 aromatic rings. The average molecular weight is 261 g/mol. The number of hydrogen-bond acceptors (Lipinski definition) is 3. The van der Waals surface area contributed by atoms with Gasteiger partial charge < -0.3 is 15.5 Å². The van der Waals surface area contributed by atoms with Gasteiger partial charge in [-0.3, -0.25) is 0 Å². The van der Waals surface area contributed by atoms with Crippen LogP contribution in [0.1, 0.15) is 37.8 Å². The highest BCUT2D eigenvalue weighted by molar-refractivity contribution is 5.54. The SMILES string of the molecule is CCC(N)c1ccccc1N(C)CCN1CCCC1. The van der Waals surface area contributed by atoms with Gasteiger partial charge in [-0.15, -0.1) is 0 Å². The fourth-order valence-electron chi connectivity index (χ4n) is 2.79. The summed E-state index contributed by atoms with van der Waals surface area (Å²) in [5.41, 5.74) is 8.77. The summed E-state index contributed by atoms with van der Waals surface area (Å²) in [4.78, 5) is 4.90. The second-order valence-electron chi connectivity index (χ2n) is 5.54. The molecule has 0 saturated carbocycles. The Morgan fingerprint density at radius 3 is 2.63 bits per heavy atom. The van der Waals surface area contributed by atoms with Gasteiger partial charge in [0, 0.05) is 31.9 Å². The summed E-state index contributed by atoms with van der Waals surface area (Å²) in [6.07, 6.45) is 3.71. The van der Waals surface area contributed by atoms with Crippen LogP contribution in [0, 0.1) is 0 Å². The average Bonchev–Trinajstić information content (AvgIpc) is 2.97. The Balaban J connectivity index is 1.99. The van der Waals surface area contributed by atoms with Crippen molar-refractivity contribution in [2.24, 2.45) is 5.73 Å². The van der Waals surface area contributed by atoms with Gasteiger partial charge in [-0.1, -0.05) is 25.1 Å². The fraction of sp³-hybridized carbons (Fsp3) is 0.625. The number of nitrogens with zero attached hydrogens (tertiary/aromatic N) is 2. The first kappa shape index (κ1) is 14.4. The van der Waals surface area contributed by atoms with Gasteiger partial charge in [0.2, 0.25) is 0 Å². The summed E-state index contributed by atoms with van der Waals surface area (Å²) in [6, 6.07) is 8.69. The lowest BCUT2D eigenvalue weighted by atomic mass is 10.0. The van der Waals surface area contributed by atoms with E-state index in [1.807, 2.05) is 0 Å². The topological polar surface area (TPSA) is 32.5 Å². The van der Waals surface area contributed by atoms with E-state index in [2.05, 4.69) is 48.0 Å². The Hall–Kier alpha value is -1.06. The third-order valence-corrected chi connectivity index (χ3v) is 4.14. The third-order valence-electron chi connectivity index (χ3n) is 4.14. The molecule has 0 amide bonds. The monoisotopic (exact) mass is 261 g/mol. The molecule has 1 saturated heterocycles. The maximum absolute atomic E-state index is 6.21. The first-order valence-corrected chi connectivity index (χ1v) is 7.50. The summed E-state index contributed by atoms with van der Waals surface area (Å²) in [6.45, 7) is 6.92. The molecule has 3 heteroatoms. The largest absolute Gasteiger partial charge is 0.373 e. The van der Waals surface area contributed by atoms with Crippen LogP contribution in [0.15, 0.2) is 24.3 Å². The van der Waals surface area contributed by atoms with Gasteiger partial charge in [0.25, 0.3) is 0 Å². The number of rotatable bonds is 6. The Morgan fingerprint density at radius 1 is 1.26 bits per heavy atom. The van der Waals surface area contributed by atoms with Crippen LogP contribution in [0.5, 0.6) is 0 Å². The summed E-state index contributed by atoms with van der Waals surface area (Å²) in [5, 5.41) is 0. The smallest absolute Gasteiger partial charge is 0.0412 e. The Bertz CT molecular complexity index is 385. The van der Waals surface area contributed by atoms with E-state index in [0.717, 1.165) is 19.5 Å². The first-order chi connectivity index (χ1) is 9.22. The minimum absolute atomic E-state index is 0.144. The van der Waals surface area contributed by atoms with E-state index in [9.17, 15) is 0 Å². The van der Waals surface area contributed by atoms with Gasteiger partial charge in [-0.2, -0.15) is 0 Å². The Morgan fingerprint density at radius 2 is 1.95 bits per heavy atom. The molecule has 1 unspecified atom stereocenters. The van der Waals surface area contributed by atoms with Crippen LogP contribution < -0.4 is 10.6 Å². The molecule has 1 aliphatic heterocycles. The molecule has 0 bridgehead atoms. The van der Waals surface area contributed by atoms with Crippen LogP contribution in [0.4, 0.5) is 5.69 Å². The van der Waals surface area contributed by atoms with Gasteiger partial charge >= 0.3 is 0 Å². The van der Waals surface area contributed by atoms with Crippen molar-refractivity contribution in [3.05, 3.63) is 29.8 Å². The minimum atomic E-state index is 0.144. The van der Waals surface area contributed by atoms with Crippen LogP contribution in [0.25, 0.3) is 0 Å². The van der Waals surface area contributed by atoms with Gasteiger partial charge in [0.05, 0.1) is 0 Å². The van der Waals surface area contributed by atoms with E-state index in [-0.39, 0.29) is 6.04 Å².